The fraction of sp³-hybridized carbons (Fsp3) is 0.500. The Balaban J connectivity index is 1.67. The monoisotopic (exact) mass is 379 g/mol. The molecule has 3 amide bonds. The molecule has 1 aromatic rings. The van der Waals surface area contributed by atoms with Crippen molar-refractivity contribution in [3.63, 3.8) is 0 Å². The summed E-state index contributed by atoms with van der Waals surface area (Å²) in [4.78, 5) is 37.5. The molecule has 2 aliphatic heterocycles. The molecule has 0 aliphatic carbocycles. The molecule has 1 aromatic carbocycles. The molecule has 2 saturated heterocycles. The van der Waals surface area contributed by atoms with Crippen LogP contribution in [0.4, 0.5) is 19.7 Å². The second-order valence-electron chi connectivity index (χ2n) is 6.66. The smallest absolute Gasteiger partial charge is 0.414 e. The van der Waals surface area contributed by atoms with Crippen LogP contribution in [0.15, 0.2) is 18.2 Å². The number of rotatable bonds is 4. The molecule has 0 aromatic heterocycles. The normalized spacial score (nSPS) is 22.0. The van der Waals surface area contributed by atoms with Gasteiger partial charge < -0.3 is 19.7 Å². The van der Waals surface area contributed by atoms with Gasteiger partial charge in [0.25, 0.3) is 0 Å². The number of cyclic esters (lactones) is 1. The Morgan fingerprint density at radius 2 is 2.15 bits per heavy atom. The van der Waals surface area contributed by atoms with Crippen LogP contribution in [0.1, 0.15) is 24.8 Å². The van der Waals surface area contributed by atoms with E-state index >= 15 is 0 Å². The minimum atomic E-state index is -0.574. The Labute approximate surface area is 156 Å². The van der Waals surface area contributed by atoms with Gasteiger partial charge in [0.05, 0.1) is 25.9 Å². The van der Waals surface area contributed by atoms with Crippen LogP contribution in [0, 0.1) is 5.82 Å². The molecule has 2 heterocycles. The van der Waals surface area contributed by atoms with Crippen molar-refractivity contribution in [3.8, 4) is 0 Å². The number of likely N-dealkylation sites (tertiary alicyclic amines) is 1. The van der Waals surface area contributed by atoms with Gasteiger partial charge in [-0.05, 0) is 24.1 Å². The number of hydrogen-bond acceptors (Lipinski definition) is 5. The van der Waals surface area contributed by atoms with Crippen LogP contribution in [0.5, 0.6) is 0 Å². The van der Waals surface area contributed by atoms with Crippen LogP contribution >= 0.6 is 0 Å². The van der Waals surface area contributed by atoms with E-state index in [1.54, 1.807) is 17.0 Å². The van der Waals surface area contributed by atoms with E-state index < -0.39 is 24.1 Å². The van der Waals surface area contributed by atoms with Crippen LogP contribution in [-0.2, 0) is 14.3 Å². The van der Waals surface area contributed by atoms with E-state index in [1.165, 1.54) is 25.0 Å². The lowest BCUT2D eigenvalue weighted by Gasteiger charge is -2.17. The maximum atomic E-state index is 14.7. The van der Waals surface area contributed by atoms with Crippen molar-refractivity contribution in [2.45, 2.75) is 25.4 Å². The van der Waals surface area contributed by atoms with Crippen molar-refractivity contribution >= 4 is 23.8 Å². The van der Waals surface area contributed by atoms with Gasteiger partial charge in [-0.15, -0.1) is 0 Å². The molecule has 0 radical (unpaired) electrons. The Hall–Kier alpha value is -2.84. The van der Waals surface area contributed by atoms with Gasteiger partial charge in [0.15, 0.2) is 0 Å². The van der Waals surface area contributed by atoms with E-state index in [-0.39, 0.29) is 24.9 Å². The van der Waals surface area contributed by atoms with E-state index in [1.807, 2.05) is 0 Å². The summed E-state index contributed by atoms with van der Waals surface area (Å²) < 4.78 is 24.6. The first-order chi connectivity index (χ1) is 12.9. The minimum Gasteiger partial charge on any atom is -0.453 e. The lowest BCUT2D eigenvalue weighted by atomic mass is 9.97. The lowest BCUT2D eigenvalue weighted by molar-refractivity contribution is -0.119. The van der Waals surface area contributed by atoms with Gasteiger partial charge in [0, 0.05) is 25.9 Å². The summed E-state index contributed by atoms with van der Waals surface area (Å²) in [5.41, 5.74) is 0.905. The van der Waals surface area contributed by atoms with Crippen LogP contribution in [0.2, 0.25) is 0 Å². The Morgan fingerprint density at radius 1 is 1.37 bits per heavy atom. The molecule has 9 heteroatoms. The maximum absolute atomic E-state index is 14.7. The predicted octanol–water partition coefficient (Wildman–Crippen LogP) is 1.84. The van der Waals surface area contributed by atoms with Crippen molar-refractivity contribution in [3.05, 3.63) is 29.6 Å². The fourth-order valence-corrected chi connectivity index (χ4v) is 3.42. The quantitative estimate of drug-likeness (QED) is 0.863. The molecule has 0 spiro atoms. The van der Waals surface area contributed by atoms with Gasteiger partial charge in [-0.3, -0.25) is 9.69 Å². The Morgan fingerprint density at radius 3 is 2.81 bits per heavy atom. The number of halogens is 1. The maximum Gasteiger partial charge on any atom is 0.414 e. The standard InChI is InChI=1S/C18H22FN3O5/c1-11(23)20-8-14-10-22(18(25)27-14)13-3-4-15(16(19)7-13)12-5-6-21(9-12)17(24)26-2/h3-4,7,12,14H,5-6,8-10H2,1-2H3,(H,20,23)/t12-,14?/m1/s1. The summed E-state index contributed by atoms with van der Waals surface area (Å²) in [6.07, 6.45) is -0.821. The molecule has 3 rings (SSSR count). The van der Waals surface area contributed by atoms with Crippen LogP contribution in [-0.4, -0.2) is 62.4 Å². The van der Waals surface area contributed by atoms with E-state index in [9.17, 15) is 18.8 Å². The number of carbonyl (C=O) groups excluding carboxylic acids is 3. The van der Waals surface area contributed by atoms with Gasteiger partial charge in [-0.1, -0.05) is 6.07 Å². The number of ether oxygens (including phenoxy) is 2. The average Bonchev–Trinajstić information content (AvgIpc) is 3.26. The number of hydrogen-bond donors (Lipinski definition) is 1. The largest absolute Gasteiger partial charge is 0.453 e. The van der Waals surface area contributed by atoms with Crippen molar-refractivity contribution in [2.75, 3.05) is 38.2 Å². The molecule has 146 valence electrons. The average molecular weight is 379 g/mol. The first-order valence-electron chi connectivity index (χ1n) is 8.74. The number of amides is 3. The van der Waals surface area contributed by atoms with Crippen molar-refractivity contribution in [1.82, 2.24) is 10.2 Å². The highest BCUT2D eigenvalue weighted by Crippen LogP contribution is 2.32. The zero-order valence-corrected chi connectivity index (χ0v) is 15.2. The molecule has 1 N–H and O–H groups in total. The first-order valence-corrected chi connectivity index (χ1v) is 8.74. The highest BCUT2D eigenvalue weighted by Gasteiger charge is 2.34. The van der Waals surface area contributed by atoms with Crippen molar-refractivity contribution in [2.24, 2.45) is 0 Å². The van der Waals surface area contributed by atoms with E-state index in [2.05, 4.69) is 5.32 Å². The van der Waals surface area contributed by atoms with E-state index in [4.69, 9.17) is 9.47 Å². The number of nitrogens with one attached hydrogen (secondary N) is 1. The van der Waals surface area contributed by atoms with Crippen LogP contribution in [0.25, 0.3) is 0 Å². The minimum absolute atomic E-state index is 0.115. The van der Waals surface area contributed by atoms with Crippen molar-refractivity contribution < 1.29 is 28.2 Å². The molecule has 27 heavy (non-hydrogen) atoms. The van der Waals surface area contributed by atoms with Crippen LogP contribution in [0.3, 0.4) is 0 Å². The SMILES string of the molecule is COC(=O)N1CC[C@@H](c2ccc(N3CC(CNC(C)=O)OC3=O)cc2F)C1. The molecular formula is C18H22FN3O5. The molecule has 2 fully saturated rings. The first kappa shape index (κ1) is 18.9. The van der Waals surface area contributed by atoms with Gasteiger partial charge in [-0.25, -0.2) is 14.0 Å². The van der Waals surface area contributed by atoms with Crippen molar-refractivity contribution in [1.29, 1.82) is 0 Å². The molecule has 1 unspecified atom stereocenters. The number of methoxy groups -OCH3 is 1. The molecule has 0 bridgehead atoms. The number of benzene rings is 1. The zero-order chi connectivity index (χ0) is 19.6. The summed E-state index contributed by atoms with van der Waals surface area (Å²) >= 11 is 0. The summed E-state index contributed by atoms with van der Waals surface area (Å²) in [7, 11) is 1.32. The number of carbonyl (C=O) groups is 3. The van der Waals surface area contributed by atoms with Gasteiger partial charge in [-0.2, -0.15) is 0 Å². The molecule has 8 nitrogen and oxygen atoms in total. The predicted molar refractivity (Wildman–Crippen MR) is 94.0 cm³/mol. The summed E-state index contributed by atoms with van der Waals surface area (Å²) in [5, 5.41) is 2.60. The number of anilines is 1. The summed E-state index contributed by atoms with van der Waals surface area (Å²) in [6, 6.07) is 4.62. The zero-order valence-electron chi connectivity index (χ0n) is 15.2. The third-order valence-corrected chi connectivity index (χ3v) is 4.81. The van der Waals surface area contributed by atoms with Crippen LogP contribution < -0.4 is 10.2 Å². The molecule has 2 aliphatic rings. The molecule has 2 atom stereocenters. The van der Waals surface area contributed by atoms with Gasteiger partial charge in [0.1, 0.15) is 11.9 Å². The van der Waals surface area contributed by atoms with E-state index in [0.29, 0.717) is 30.8 Å². The Bertz CT molecular complexity index is 757. The topological polar surface area (TPSA) is 88.2 Å². The summed E-state index contributed by atoms with van der Waals surface area (Å²) in [6.45, 7) is 2.74. The highest BCUT2D eigenvalue weighted by molar-refractivity contribution is 5.89. The third kappa shape index (κ3) is 4.12. The van der Waals surface area contributed by atoms with Gasteiger partial charge >= 0.3 is 12.2 Å². The van der Waals surface area contributed by atoms with E-state index in [0.717, 1.165) is 0 Å². The lowest BCUT2D eigenvalue weighted by Crippen LogP contribution is -2.33. The molecular weight excluding hydrogens is 357 g/mol. The Kier molecular flexibility index (Phi) is 5.48. The fourth-order valence-electron chi connectivity index (χ4n) is 3.42. The van der Waals surface area contributed by atoms with Gasteiger partial charge in [0.2, 0.25) is 5.91 Å². The molecule has 0 saturated carbocycles. The summed E-state index contributed by atoms with van der Waals surface area (Å²) in [5.74, 6) is -0.754. The highest BCUT2D eigenvalue weighted by atomic mass is 19.1. The number of nitrogens with zero attached hydrogens (tertiary/aromatic N) is 2. The second-order valence-corrected chi connectivity index (χ2v) is 6.66. The second kappa shape index (κ2) is 7.81. The third-order valence-electron chi connectivity index (χ3n) is 4.81.